The van der Waals surface area contributed by atoms with Gasteiger partial charge in [0.05, 0.1) is 7.11 Å². The number of hydrogen-bond acceptors (Lipinski definition) is 3. The van der Waals surface area contributed by atoms with E-state index in [1.54, 1.807) is 13.3 Å². The van der Waals surface area contributed by atoms with Crippen molar-refractivity contribution in [3.63, 3.8) is 0 Å². The zero-order chi connectivity index (χ0) is 14.5. The minimum Gasteiger partial charge on any atom is -0.496 e. The van der Waals surface area contributed by atoms with E-state index in [0.29, 0.717) is 0 Å². The first-order chi connectivity index (χ1) is 10.4. The highest BCUT2D eigenvalue weighted by Crippen LogP contribution is 2.30. The molecule has 0 amide bonds. The molecule has 21 heavy (non-hydrogen) atoms. The molecule has 0 aliphatic heterocycles. The number of aromatic nitrogens is 1. The number of anilines is 2. The summed E-state index contributed by atoms with van der Waals surface area (Å²) in [6.07, 6.45) is 1.79. The van der Waals surface area contributed by atoms with Gasteiger partial charge in [0.25, 0.3) is 0 Å². The van der Waals surface area contributed by atoms with Crippen LogP contribution in [0.1, 0.15) is 0 Å². The Labute approximate surface area is 124 Å². The molecule has 0 saturated carbocycles. The van der Waals surface area contributed by atoms with Crippen molar-refractivity contribution in [1.82, 2.24) is 4.98 Å². The standard InChI is InChI=1S/C18H15N2O/c1-21-17-10-6-5-9-16(17)14-11-12-19-18(13-14)20-15-7-3-2-4-8-15/h2-3,5-13H,1H3,(H,19,20). The molecule has 1 N–H and O–H groups in total. The molecule has 0 aliphatic rings. The summed E-state index contributed by atoms with van der Waals surface area (Å²) in [5.41, 5.74) is 3.07. The molecule has 0 unspecified atom stereocenters. The van der Waals surface area contributed by atoms with Gasteiger partial charge in [-0.25, -0.2) is 4.98 Å². The highest BCUT2D eigenvalue weighted by atomic mass is 16.5. The number of ether oxygens (including phenoxy) is 1. The second-order valence-electron chi connectivity index (χ2n) is 4.55. The largest absolute Gasteiger partial charge is 0.496 e. The van der Waals surface area contributed by atoms with Gasteiger partial charge in [-0.3, -0.25) is 0 Å². The molecular weight excluding hydrogens is 260 g/mol. The van der Waals surface area contributed by atoms with Gasteiger partial charge >= 0.3 is 0 Å². The number of para-hydroxylation sites is 1. The maximum Gasteiger partial charge on any atom is 0.130 e. The third-order valence-corrected chi connectivity index (χ3v) is 3.16. The molecule has 0 bridgehead atoms. The predicted octanol–water partition coefficient (Wildman–Crippen LogP) is 4.30. The fourth-order valence-corrected chi connectivity index (χ4v) is 2.17. The molecule has 0 fully saturated rings. The van der Waals surface area contributed by atoms with E-state index in [-0.39, 0.29) is 0 Å². The molecule has 0 saturated heterocycles. The second-order valence-corrected chi connectivity index (χ2v) is 4.55. The average Bonchev–Trinajstić information content (AvgIpc) is 2.56. The minimum absolute atomic E-state index is 0.790. The molecule has 1 heterocycles. The summed E-state index contributed by atoms with van der Waals surface area (Å²) in [7, 11) is 1.68. The fourth-order valence-electron chi connectivity index (χ4n) is 2.17. The monoisotopic (exact) mass is 275 g/mol. The fraction of sp³-hybridized carbons (Fsp3) is 0.0556. The minimum atomic E-state index is 0.790. The number of benzene rings is 2. The van der Waals surface area contributed by atoms with Gasteiger partial charge in [-0.05, 0) is 42.0 Å². The quantitative estimate of drug-likeness (QED) is 0.770. The summed E-state index contributed by atoms with van der Waals surface area (Å²) in [6.45, 7) is 0. The van der Waals surface area contributed by atoms with Crippen LogP contribution in [0.15, 0.2) is 66.9 Å². The molecule has 3 aromatic rings. The van der Waals surface area contributed by atoms with Gasteiger partial charge in [0.15, 0.2) is 0 Å². The van der Waals surface area contributed by atoms with E-state index in [0.717, 1.165) is 28.4 Å². The lowest BCUT2D eigenvalue weighted by atomic mass is 10.1. The zero-order valence-electron chi connectivity index (χ0n) is 11.7. The van der Waals surface area contributed by atoms with Crippen LogP contribution in [0.2, 0.25) is 0 Å². The second kappa shape index (κ2) is 6.09. The van der Waals surface area contributed by atoms with E-state index in [1.165, 1.54) is 0 Å². The van der Waals surface area contributed by atoms with E-state index in [1.807, 2.05) is 60.7 Å². The van der Waals surface area contributed by atoms with Crippen molar-refractivity contribution in [2.75, 3.05) is 12.4 Å². The van der Waals surface area contributed by atoms with E-state index in [9.17, 15) is 0 Å². The van der Waals surface area contributed by atoms with Crippen LogP contribution in [0, 0.1) is 6.07 Å². The molecular formula is C18H15N2O. The van der Waals surface area contributed by atoms with Gasteiger partial charge in [0, 0.05) is 17.4 Å². The van der Waals surface area contributed by atoms with Gasteiger partial charge in [-0.2, -0.15) is 0 Å². The Morgan fingerprint density at radius 1 is 1.10 bits per heavy atom. The Balaban J connectivity index is 1.93. The van der Waals surface area contributed by atoms with Gasteiger partial charge in [-0.15, -0.1) is 0 Å². The lowest BCUT2D eigenvalue weighted by molar-refractivity contribution is 0.416. The van der Waals surface area contributed by atoms with Gasteiger partial charge < -0.3 is 10.1 Å². The van der Waals surface area contributed by atoms with Crippen LogP contribution in [-0.4, -0.2) is 12.1 Å². The summed E-state index contributed by atoms with van der Waals surface area (Å²) in [5, 5.41) is 3.27. The number of hydrogen-bond donors (Lipinski definition) is 1. The average molecular weight is 275 g/mol. The number of rotatable bonds is 4. The molecule has 0 spiro atoms. The van der Waals surface area contributed by atoms with Gasteiger partial charge in [-0.1, -0.05) is 30.3 Å². The molecule has 103 valence electrons. The van der Waals surface area contributed by atoms with Crippen molar-refractivity contribution in [1.29, 1.82) is 0 Å². The number of nitrogens with one attached hydrogen (secondary N) is 1. The van der Waals surface area contributed by atoms with Crippen molar-refractivity contribution in [2.45, 2.75) is 0 Å². The normalized spacial score (nSPS) is 10.1. The van der Waals surface area contributed by atoms with Crippen LogP contribution in [0.3, 0.4) is 0 Å². The maximum atomic E-state index is 5.41. The Hall–Kier alpha value is -2.81. The molecule has 2 aromatic carbocycles. The van der Waals surface area contributed by atoms with Crippen molar-refractivity contribution in [3.05, 3.63) is 72.9 Å². The van der Waals surface area contributed by atoms with E-state index < -0.39 is 0 Å². The number of methoxy groups -OCH3 is 1. The molecule has 3 rings (SSSR count). The molecule has 1 radical (unpaired) electrons. The van der Waals surface area contributed by atoms with Gasteiger partial charge in [0.2, 0.25) is 0 Å². The third kappa shape index (κ3) is 3.03. The predicted molar refractivity (Wildman–Crippen MR) is 84.8 cm³/mol. The lowest BCUT2D eigenvalue weighted by Gasteiger charge is -2.10. The van der Waals surface area contributed by atoms with Crippen LogP contribution in [-0.2, 0) is 0 Å². The Morgan fingerprint density at radius 3 is 2.81 bits per heavy atom. The first kappa shape index (κ1) is 13.2. The summed E-state index contributed by atoms with van der Waals surface area (Å²) in [4.78, 5) is 4.35. The van der Waals surface area contributed by atoms with Crippen molar-refractivity contribution in [2.24, 2.45) is 0 Å². The zero-order valence-corrected chi connectivity index (χ0v) is 11.7. The first-order valence-corrected chi connectivity index (χ1v) is 6.69. The SMILES string of the molecule is COc1ccccc1-c1ccnc(Nc2c[c]ccc2)c1. The summed E-state index contributed by atoms with van der Waals surface area (Å²) in [6, 6.07) is 22.6. The van der Waals surface area contributed by atoms with Crippen LogP contribution >= 0.6 is 0 Å². The van der Waals surface area contributed by atoms with E-state index in [4.69, 9.17) is 4.74 Å². The number of nitrogens with zero attached hydrogens (tertiary/aromatic N) is 1. The highest BCUT2D eigenvalue weighted by molar-refractivity contribution is 5.73. The van der Waals surface area contributed by atoms with Crippen LogP contribution in [0.25, 0.3) is 11.1 Å². The molecule has 3 nitrogen and oxygen atoms in total. The number of pyridine rings is 1. The molecule has 0 aliphatic carbocycles. The first-order valence-electron chi connectivity index (χ1n) is 6.69. The Morgan fingerprint density at radius 2 is 2.00 bits per heavy atom. The summed E-state index contributed by atoms with van der Waals surface area (Å²) in [5.74, 6) is 1.64. The Bertz CT molecular complexity index is 726. The maximum absolute atomic E-state index is 5.41. The molecule has 0 atom stereocenters. The van der Waals surface area contributed by atoms with Crippen molar-refractivity contribution < 1.29 is 4.74 Å². The summed E-state index contributed by atoms with van der Waals surface area (Å²) >= 11 is 0. The van der Waals surface area contributed by atoms with E-state index in [2.05, 4.69) is 16.4 Å². The van der Waals surface area contributed by atoms with Crippen molar-refractivity contribution >= 4 is 11.5 Å². The lowest BCUT2D eigenvalue weighted by Crippen LogP contribution is -1.94. The molecule has 1 aromatic heterocycles. The van der Waals surface area contributed by atoms with Gasteiger partial charge in [0.1, 0.15) is 11.6 Å². The third-order valence-electron chi connectivity index (χ3n) is 3.16. The highest BCUT2D eigenvalue weighted by Gasteiger charge is 2.06. The topological polar surface area (TPSA) is 34.1 Å². The van der Waals surface area contributed by atoms with Crippen LogP contribution in [0.4, 0.5) is 11.5 Å². The summed E-state index contributed by atoms with van der Waals surface area (Å²) < 4.78 is 5.41. The van der Waals surface area contributed by atoms with E-state index >= 15 is 0 Å². The van der Waals surface area contributed by atoms with Crippen LogP contribution in [0.5, 0.6) is 5.75 Å². The van der Waals surface area contributed by atoms with Crippen LogP contribution < -0.4 is 10.1 Å². The smallest absolute Gasteiger partial charge is 0.130 e. The Kier molecular flexibility index (Phi) is 3.83. The molecule has 3 heteroatoms. The van der Waals surface area contributed by atoms with Crippen molar-refractivity contribution in [3.8, 4) is 16.9 Å².